The van der Waals surface area contributed by atoms with Crippen molar-refractivity contribution in [1.82, 2.24) is 19.4 Å². The van der Waals surface area contributed by atoms with Crippen LogP contribution in [0.15, 0.2) is 94.9 Å². The molecular formula is C27H28N6O2S2. The molecule has 0 spiro atoms. The first-order valence-corrected chi connectivity index (χ1v) is 14.4. The Morgan fingerprint density at radius 1 is 0.973 bits per heavy atom. The highest BCUT2D eigenvalue weighted by atomic mass is 32.2. The van der Waals surface area contributed by atoms with E-state index >= 15 is 0 Å². The molecule has 2 heterocycles. The van der Waals surface area contributed by atoms with Gasteiger partial charge in [-0.15, -0.1) is 0 Å². The smallest absolute Gasteiger partial charge is 0.229 e. The summed E-state index contributed by atoms with van der Waals surface area (Å²) in [5.74, 6) is 1.21. The lowest BCUT2D eigenvalue weighted by atomic mass is 10.0. The highest BCUT2D eigenvalue weighted by Gasteiger charge is 2.12. The van der Waals surface area contributed by atoms with Crippen LogP contribution in [0.1, 0.15) is 12.0 Å². The predicted molar refractivity (Wildman–Crippen MR) is 149 cm³/mol. The SMILES string of the molecule is O=S1NCCCNc2nc(ncc2-c2ccc(CCNS(=O)c3ccccc3)cc2)Nc2cccc1c2. The molecule has 0 aliphatic carbocycles. The lowest BCUT2D eigenvalue weighted by Crippen LogP contribution is -2.20. The Kier molecular flexibility index (Phi) is 8.32. The Hall–Kier alpha value is -3.44. The Balaban J connectivity index is 1.29. The van der Waals surface area contributed by atoms with Crippen molar-refractivity contribution in [3.05, 3.63) is 90.6 Å². The molecule has 1 aliphatic rings. The average molecular weight is 533 g/mol. The molecule has 0 amide bonds. The molecule has 5 rings (SSSR count). The van der Waals surface area contributed by atoms with Crippen LogP contribution in [0.4, 0.5) is 17.5 Å². The van der Waals surface area contributed by atoms with E-state index in [9.17, 15) is 8.42 Å². The number of nitrogens with zero attached hydrogens (tertiary/aromatic N) is 2. The van der Waals surface area contributed by atoms with Crippen LogP contribution < -0.4 is 20.1 Å². The number of aromatic nitrogens is 2. The van der Waals surface area contributed by atoms with E-state index in [4.69, 9.17) is 4.98 Å². The molecule has 0 saturated carbocycles. The minimum Gasteiger partial charge on any atom is -0.369 e. The van der Waals surface area contributed by atoms with Crippen LogP contribution in [0, 0.1) is 0 Å². The normalized spacial score (nSPS) is 16.3. The van der Waals surface area contributed by atoms with Crippen LogP contribution >= 0.6 is 0 Å². The summed E-state index contributed by atoms with van der Waals surface area (Å²) in [6.45, 7) is 1.90. The molecule has 0 fully saturated rings. The molecule has 8 nitrogen and oxygen atoms in total. The van der Waals surface area contributed by atoms with E-state index in [0.29, 0.717) is 30.5 Å². The monoisotopic (exact) mass is 532 g/mol. The van der Waals surface area contributed by atoms with E-state index in [0.717, 1.165) is 45.9 Å². The zero-order valence-corrected chi connectivity index (χ0v) is 21.8. The number of hydrogen-bond donors (Lipinski definition) is 4. The Morgan fingerprint density at radius 3 is 2.65 bits per heavy atom. The fourth-order valence-electron chi connectivity index (χ4n) is 3.92. The molecule has 3 aromatic carbocycles. The Bertz CT molecular complexity index is 1400. The number of anilines is 3. The van der Waals surface area contributed by atoms with Gasteiger partial charge in [0.1, 0.15) is 27.8 Å². The van der Waals surface area contributed by atoms with Crippen LogP contribution in [0.25, 0.3) is 11.1 Å². The summed E-state index contributed by atoms with van der Waals surface area (Å²) in [7, 11) is -2.49. The van der Waals surface area contributed by atoms with Crippen molar-refractivity contribution < 1.29 is 8.42 Å². The van der Waals surface area contributed by atoms with E-state index < -0.39 is 22.0 Å². The van der Waals surface area contributed by atoms with Crippen LogP contribution in [0.2, 0.25) is 0 Å². The molecule has 4 N–H and O–H groups in total. The molecule has 4 aromatic rings. The second-order valence-corrected chi connectivity index (χ2v) is 11.1. The van der Waals surface area contributed by atoms with E-state index in [2.05, 4.69) is 49.3 Å². The summed E-state index contributed by atoms with van der Waals surface area (Å²) < 4.78 is 31.0. The topological polar surface area (TPSA) is 108 Å². The third kappa shape index (κ3) is 6.66. The molecule has 190 valence electrons. The summed E-state index contributed by atoms with van der Waals surface area (Å²) in [4.78, 5) is 10.7. The first-order chi connectivity index (χ1) is 18.2. The number of rotatable bonds is 6. The molecule has 37 heavy (non-hydrogen) atoms. The summed E-state index contributed by atoms with van der Waals surface area (Å²) in [5.41, 5.74) is 3.83. The highest BCUT2D eigenvalue weighted by Crippen LogP contribution is 2.28. The van der Waals surface area contributed by atoms with Gasteiger partial charge in [-0.25, -0.2) is 22.8 Å². The number of fused-ring (bicyclic) bond motifs is 4. The van der Waals surface area contributed by atoms with Gasteiger partial charge in [0.25, 0.3) is 0 Å². The van der Waals surface area contributed by atoms with Gasteiger partial charge in [0, 0.05) is 37.1 Å². The maximum Gasteiger partial charge on any atom is 0.229 e. The maximum absolute atomic E-state index is 12.5. The second kappa shape index (κ2) is 12.2. The van der Waals surface area contributed by atoms with Gasteiger partial charge in [0.2, 0.25) is 5.95 Å². The highest BCUT2D eigenvalue weighted by molar-refractivity contribution is 7.83. The Morgan fingerprint density at radius 2 is 1.81 bits per heavy atom. The van der Waals surface area contributed by atoms with Gasteiger partial charge in [-0.3, -0.25) is 0 Å². The third-order valence-electron chi connectivity index (χ3n) is 5.84. The van der Waals surface area contributed by atoms with Gasteiger partial charge < -0.3 is 10.6 Å². The molecule has 0 saturated heterocycles. The first kappa shape index (κ1) is 25.2. The van der Waals surface area contributed by atoms with Crippen molar-refractivity contribution in [2.24, 2.45) is 0 Å². The summed E-state index contributed by atoms with van der Waals surface area (Å²) >= 11 is 0. The zero-order chi connectivity index (χ0) is 25.5. The second-order valence-electron chi connectivity index (χ2n) is 8.48. The number of nitrogens with one attached hydrogen (secondary N) is 4. The molecule has 10 heteroatoms. The van der Waals surface area contributed by atoms with Gasteiger partial charge in [-0.05, 0) is 54.3 Å². The summed E-state index contributed by atoms with van der Waals surface area (Å²) in [5, 5.41) is 6.63. The minimum atomic E-state index is -1.27. The van der Waals surface area contributed by atoms with Crippen LogP contribution in [0.5, 0.6) is 0 Å². The largest absolute Gasteiger partial charge is 0.369 e. The minimum absolute atomic E-state index is 0.468. The van der Waals surface area contributed by atoms with Crippen molar-refractivity contribution in [1.29, 1.82) is 0 Å². The predicted octanol–water partition coefficient (Wildman–Crippen LogP) is 4.17. The van der Waals surface area contributed by atoms with Crippen molar-refractivity contribution in [3.63, 3.8) is 0 Å². The summed E-state index contributed by atoms with van der Waals surface area (Å²) in [6.07, 6.45) is 3.36. The average Bonchev–Trinajstić information content (AvgIpc) is 2.94. The quantitative estimate of drug-likeness (QED) is 0.297. The number of benzene rings is 3. The van der Waals surface area contributed by atoms with Crippen LogP contribution in [-0.4, -0.2) is 38.0 Å². The lowest BCUT2D eigenvalue weighted by Gasteiger charge is -2.13. The van der Waals surface area contributed by atoms with Gasteiger partial charge in [0.15, 0.2) is 0 Å². The van der Waals surface area contributed by atoms with E-state index in [-0.39, 0.29) is 0 Å². The van der Waals surface area contributed by atoms with E-state index in [1.807, 2.05) is 60.8 Å². The molecule has 0 radical (unpaired) electrons. The van der Waals surface area contributed by atoms with E-state index in [1.165, 1.54) is 0 Å². The molecule has 1 aliphatic heterocycles. The Labute approximate surface area is 221 Å². The summed E-state index contributed by atoms with van der Waals surface area (Å²) in [6, 6.07) is 25.1. The fourth-order valence-corrected chi connectivity index (χ4v) is 5.71. The van der Waals surface area contributed by atoms with Gasteiger partial charge >= 0.3 is 0 Å². The maximum atomic E-state index is 12.5. The first-order valence-electron chi connectivity index (χ1n) is 12.1. The molecular weight excluding hydrogens is 504 g/mol. The van der Waals surface area contributed by atoms with Gasteiger partial charge in [0.05, 0.1) is 9.79 Å². The van der Waals surface area contributed by atoms with E-state index in [1.54, 1.807) is 0 Å². The standard InChI is InChI=1S/C27H28N6O2S2/c34-36(23-7-2-1-3-8-23)31-17-14-20-10-12-21(13-11-20)25-19-29-27-32-22-6-4-9-24(18-22)37(35)30-16-5-15-28-26(25)33-27/h1-4,6-13,18-19,30-31H,5,14-17H2,(H2,28,29,32,33). The zero-order valence-electron chi connectivity index (χ0n) is 20.1. The van der Waals surface area contributed by atoms with Crippen molar-refractivity contribution in [2.75, 3.05) is 30.3 Å². The third-order valence-corrected chi connectivity index (χ3v) is 8.16. The van der Waals surface area contributed by atoms with Gasteiger partial charge in [-0.2, -0.15) is 4.98 Å². The molecule has 1 aromatic heterocycles. The van der Waals surface area contributed by atoms with Crippen LogP contribution in [0.3, 0.4) is 0 Å². The number of hydrogen-bond acceptors (Lipinski definition) is 6. The van der Waals surface area contributed by atoms with Crippen molar-refractivity contribution in [2.45, 2.75) is 22.6 Å². The fraction of sp³-hybridized carbons (Fsp3) is 0.185. The van der Waals surface area contributed by atoms with Crippen molar-refractivity contribution >= 4 is 39.4 Å². The van der Waals surface area contributed by atoms with Crippen LogP contribution in [-0.2, 0) is 28.4 Å². The molecule has 2 atom stereocenters. The van der Waals surface area contributed by atoms with Gasteiger partial charge in [-0.1, -0.05) is 48.5 Å². The molecule has 2 unspecified atom stereocenters. The molecule has 4 bridgehead atoms. The van der Waals surface area contributed by atoms with Crippen molar-refractivity contribution in [3.8, 4) is 11.1 Å². The lowest BCUT2D eigenvalue weighted by molar-refractivity contribution is 0.669.